The summed E-state index contributed by atoms with van der Waals surface area (Å²) >= 11 is 11.8. The Labute approximate surface area is 118 Å². The van der Waals surface area contributed by atoms with Crippen LogP contribution in [0, 0.1) is 12.3 Å². The fourth-order valence-corrected chi connectivity index (χ4v) is 1.82. The minimum Gasteiger partial charge on any atom is -0.437 e. The monoisotopic (exact) mass is 300 g/mol. The number of rotatable bonds is 2. The van der Waals surface area contributed by atoms with Crippen LogP contribution in [0.3, 0.4) is 0 Å². The molecule has 4 N–H and O–H groups in total. The van der Waals surface area contributed by atoms with Crippen LogP contribution in [0.4, 0.5) is 5.82 Å². The molecule has 100 valence electrons. The van der Waals surface area contributed by atoms with E-state index in [-0.39, 0.29) is 11.7 Å². The summed E-state index contributed by atoms with van der Waals surface area (Å²) in [5, 5.41) is 17.6. The van der Waals surface area contributed by atoms with Crippen molar-refractivity contribution in [2.24, 2.45) is 0 Å². The lowest BCUT2D eigenvalue weighted by Gasteiger charge is -2.12. The van der Waals surface area contributed by atoms with Crippen molar-refractivity contribution in [1.29, 1.82) is 5.41 Å². The number of nitrogens with two attached hydrogens (primary N) is 1. The highest BCUT2D eigenvalue weighted by molar-refractivity contribution is 6.35. The molecule has 0 bridgehead atoms. The van der Waals surface area contributed by atoms with Gasteiger partial charge in [0.1, 0.15) is 5.75 Å². The van der Waals surface area contributed by atoms with Crippen LogP contribution in [-0.2, 0) is 0 Å². The van der Waals surface area contributed by atoms with Gasteiger partial charge in [0.2, 0.25) is 5.88 Å². The molecular weight excluding hydrogens is 291 g/mol. The number of benzene rings is 1. The van der Waals surface area contributed by atoms with E-state index in [2.05, 4.69) is 4.98 Å². The Morgan fingerprint density at radius 3 is 2.74 bits per heavy atom. The van der Waals surface area contributed by atoms with Gasteiger partial charge in [-0.25, -0.2) is 0 Å². The van der Waals surface area contributed by atoms with Gasteiger partial charge in [-0.05, 0) is 25.1 Å². The summed E-state index contributed by atoms with van der Waals surface area (Å²) in [6.07, 6.45) is 0. The first-order chi connectivity index (χ1) is 8.90. The molecule has 0 saturated heterocycles. The van der Waals surface area contributed by atoms with Crippen LogP contribution in [0.15, 0.2) is 18.2 Å². The molecule has 0 spiro atoms. The van der Waals surface area contributed by atoms with E-state index >= 15 is 0 Å². The van der Waals surface area contributed by atoms with Gasteiger partial charge < -0.3 is 15.7 Å². The molecule has 0 aliphatic carbocycles. The van der Waals surface area contributed by atoms with Crippen molar-refractivity contribution < 1.29 is 9.94 Å². The van der Waals surface area contributed by atoms with E-state index < -0.39 is 5.62 Å². The van der Waals surface area contributed by atoms with Gasteiger partial charge in [0.05, 0.1) is 10.6 Å². The smallest absolute Gasteiger partial charge is 0.260 e. The SMILES string of the molecule is Cc1c(Oc2ccc(Cl)cc2Cl)nc(=N)n(O)c1N. The molecule has 1 aromatic heterocycles. The third-order valence-electron chi connectivity index (χ3n) is 2.44. The second kappa shape index (κ2) is 4.99. The minimum absolute atomic E-state index is 0.0277. The van der Waals surface area contributed by atoms with Gasteiger partial charge in [-0.1, -0.05) is 23.2 Å². The second-order valence-corrected chi connectivity index (χ2v) is 4.58. The van der Waals surface area contributed by atoms with E-state index in [0.29, 0.717) is 26.1 Å². The summed E-state index contributed by atoms with van der Waals surface area (Å²) in [7, 11) is 0. The summed E-state index contributed by atoms with van der Waals surface area (Å²) in [5.74, 6) is 0.397. The Hall–Kier alpha value is -1.92. The molecule has 1 heterocycles. The molecule has 0 unspecified atom stereocenters. The standard InChI is InChI=1S/C11H10Cl2N4O2/c1-5-9(14)17(18)11(15)16-10(5)19-8-3-2-6(12)4-7(8)13/h2-4,15,18H,14H2,1H3. The lowest BCUT2D eigenvalue weighted by atomic mass is 10.3. The maximum Gasteiger partial charge on any atom is 0.260 e. The molecule has 6 nitrogen and oxygen atoms in total. The fraction of sp³-hybridized carbons (Fsp3) is 0.0909. The Morgan fingerprint density at radius 1 is 1.42 bits per heavy atom. The number of aromatic nitrogens is 2. The van der Waals surface area contributed by atoms with Crippen LogP contribution in [0.2, 0.25) is 10.0 Å². The van der Waals surface area contributed by atoms with Crippen molar-refractivity contribution in [3.8, 4) is 11.6 Å². The summed E-state index contributed by atoms with van der Waals surface area (Å²) in [5.41, 5.74) is 5.57. The fourth-order valence-electron chi connectivity index (χ4n) is 1.37. The zero-order valence-corrected chi connectivity index (χ0v) is 11.3. The lowest BCUT2D eigenvalue weighted by molar-refractivity contribution is 0.169. The second-order valence-electron chi connectivity index (χ2n) is 3.74. The summed E-state index contributed by atoms with van der Waals surface area (Å²) in [6, 6.07) is 4.71. The molecule has 0 radical (unpaired) electrons. The Bertz CT molecular complexity index is 700. The minimum atomic E-state index is -0.441. The first kappa shape index (κ1) is 13.5. The van der Waals surface area contributed by atoms with Gasteiger partial charge in [-0.15, -0.1) is 4.73 Å². The molecule has 0 fully saturated rings. The number of nitrogen functional groups attached to an aromatic ring is 1. The number of nitrogens with zero attached hydrogens (tertiary/aromatic N) is 2. The maximum atomic E-state index is 9.41. The van der Waals surface area contributed by atoms with Crippen molar-refractivity contribution >= 4 is 29.0 Å². The van der Waals surface area contributed by atoms with E-state index in [1.807, 2.05) is 0 Å². The number of ether oxygens (including phenoxy) is 1. The number of hydrogen-bond acceptors (Lipinski definition) is 5. The van der Waals surface area contributed by atoms with Gasteiger partial charge in [-0.2, -0.15) is 4.98 Å². The van der Waals surface area contributed by atoms with Crippen LogP contribution in [0.25, 0.3) is 0 Å². The van der Waals surface area contributed by atoms with Crippen LogP contribution in [-0.4, -0.2) is 14.9 Å². The van der Waals surface area contributed by atoms with E-state index in [1.165, 1.54) is 6.07 Å². The first-order valence-electron chi connectivity index (χ1n) is 5.16. The molecule has 1 aromatic carbocycles. The van der Waals surface area contributed by atoms with E-state index in [0.717, 1.165) is 0 Å². The van der Waals surface area contributed by atoms with Gasteiger partial charge >= 0.3 is 0 Å². The van der Waals surface area contributed by atoms with Crippen LogP contribution < -0.4 is 16.1 Å². The lowest BCUT2D eigenvalue weighted by Crippen LogP contribution is -2.25. The van der Waals surface area contributed by atoms with Gasteiger partial charge in [-0.3, -0.25) is 5.41 Å². The van der Waals surface area contributed by atoms with Gasteiger partial charge in [0.25, 0.3) is 5.62 Å². The zero-order chi connectivity index (χ0) is 14.2. The third kappa shape index (κ3) is 2.59. The van der Waals surface area contributed by atoms with E-state index in [4.69, 9.17) is 39.1 Å². The highest BCUT2D eigenvalue weighted by Crippen LogP contribution is 2.32. The highest BCUT2D eigenvalue weighted by atomic mass is 35.5. The van der Waals surface area contributed by atoms with Crippen molar-refractivity contribution in [1.82, 2.24) is 9.71 Å². The molecule has 0 aliphatic heterocycles. The normalized spacial score (nSPS) is 10.5. The van der Waals surface area contributed by atoms with Crippen LogP contribution in [0.1, 0.15) is 5.56 Å². The quantitative estimate of drug-likeness (QED) is 0.743. The molecule has 2 aromatic rings. The van der Waals surface area contributed by atoms with Crippen molar-refractivity contribution in [2.45, 2.75) is 6.92 Å². The number of hydrogen-bond donors (Lipinski definition) is 3. The molecule has 19 heavy (non-hydrogen) atoms. The van der Waals surface area contributed by atoms with Crippen molar-refractivity contribution in [2.75, 3.05) is 5.73 Å². The van der Waals surface area contributed by atoms with Gasteiger partial charge in [0.15, 0.2) is 5.82 Å². The molecule has 0 saturated carbocycles. The largest absolute Gasteiger partial charge is 0.437 e. The average molecular weight is 301 g/mol. The number of halogens is 2. The maximum absolute atomic E-state index is 9.41. The van der Waals surface area contributed by atoms with Crippen LogP contribution in [0.5, 0.6) is 11.6 Å². The van der Waals surface area contributed by atoms with Gasteiger partial charge in [0, 0.05) is 5.02 Å². The number of anilines is 1. The Morgan fingerprint density at radius 2 is 2.11 bits per heavy atom. The van der Waals surface area contributed by atoms with E-state index in [9.17, 15) is 5.21 Å². The predicted octanol–water partition coefficient (Wildman–Crippen LogP) is 2.59. The van der Waals surface area contributed by atoms with Crippen molar-refractivity contribution in [3.63, 3.8) is 0 Å². The molecule has 2 rings (SSSR count). The summed E-state index contributed by atoms with van der Waals surface area (Å²) < 4.78 is 5.95. The Balaban J connectivity index is 2.47. The van der Waals surface area contributed by atoms with Crippen molar-refractivity contribution in [3.05, 3.63) is 39.4 Å². The highest BCUT2D eigenvalue weighted by Gasteiger charge is 2.13. The molecule has 0 amide bonds. The van der Waals surface area contributed by atoms with E-state index in [1.54, 1.807) is 19.1 Å². The zero-order valence-electron chi connectivity index (χ0n) is 9.82. The average Bonchev–Trinajstić information content (AvgIpc) is 2.36. The molecular formula is C11H10Cl2N4O2. The predicted molar refractivity (Wildman–Crippen MR) is 71.0 cm³/mol. The third-order valence-corrected chi connectivity index (χ3v) is 2.97. The first-order valence-corrected chi connectivity index (χ1v) is 5.91. The molecule has 0 aliphatic rings. The summed E-state index contributed by atoms with van der Waals surface area (Å²) in [4.78, 5) is 3.78. The molecule has 0 atom stereocenters. The van der Waals surface area contributed by atoms with Crippen LogP contribution >= 0.6 is 23.2 Å². The number of nitrogens with one attached hydrogen (secondary N) is 1. The topological polar surface area (TPSA) is 97.1 Å². The Kier molecular flexibility index (Phi) is 3.55. The summed E-state index contributed by atoms with van der Waals surface area (Å²) in [6.45, 7) is 1.60. The molecule has 8 heteroatoms.